The summed E-state index contributed by atoms with van der Waals surface area (Å²) < 4.78 is 49.6. The Bertz CT molecular complexity index is 1490. The Kier molecular flexibility index (Phi) is 7.39. The van der Waals surface area contributed by atoms with Crippen LogP contribution in [-0.2, 0) is 17.5 Å². The third-order valence-corrected chi connectivity index (χ3v) is 8.43. The molecule has 9 nitrogen and oxygen atoms in total. The fourth-order valence-corrected chi connectivity index (χ4v) is 6.42. The van der Waals surface area contributed by atoms with Gasteiger partial charge in [0.25, 0.3) is 5.78 Å². The summed E-state index contributed by atoms with van der Waals surface area (Å²) in [5, 5.41) is 8.40. The van der Waals surface area contributed by atoms with Crippen LogP contribution in [0.3, 0.4) is 0 Å². The van der Waals surface area contributed by atoms with Crippen molar-refractivity contribution < 1.29 is 17.9 Å². The molecule has 4 atom stereocenters. The quantitative estimate of drug-likeness (QED) is 0.296. The zero-order valence-electron chi connectivity index (χ0n) is 23.9. The van der Waals surface area contributed by atoms with E-state index in [-0.39, 0.29) is 24.2 Å². The Labute approximate surface area is 237 Å². The molecule has 0 radical (unpaired) electrons. The minimum absolute atomic E-state index is 0.00876. The van der Waals surface area contributed by atoms with Crippen LogP contribution in [0, 0.1) is 5.92 Å². The Morgan fingerprint density at radius 1 is 1.05 bits per heavy atom. The van der Waals surface area contributed by atoms with Crippen LogP contribution in [0.4, 0.5) is 19.0 Å². The van der Waals surface area contributed by atoms with Crippen molar-refractivity contribution in [2.45, 2.75) is 83.9 Å². The topological polar surface area (TPSA) is 76.6 Å². The monoisotopic (exact) mass is 570 g/mol. The van der Waals surface area contributed by atoms with Gasteiger partial charge in [0.2, 0.25) is 0 Å². The maximum atomic E-state index is 13.2. The Morgan fingerprint density at radius 3 is 2.51 bits per heavy atom. The molecule has 3 aromatic heterocycles. The van der Waals surface area contributed by atoms with E-state index in [4.69, 9.17) is 14.7 Å². The highest BCUT2D eigenvalue weighted by Crippen LogP contribution is 2.37. The molecule has 0 bridgehead atoms. The van der Waals surface area contributed by atoms with Gasteiger partial charge in [-0.15, -0.1) is 10.2 Å². The summed E-state index contributed by atoms with van der Waals surface area (Å²) in [6, 6.07) is 5.91. The first-order valence-corrected chi connectivity index (χ1v) is 14.5. The van der Waals surface area contributed by atoms with E-state index in [1.807, 2.05) is 10.7 Å². The van der Waals surface area contributed by atoms with E-state index in [2.05, 4.69) is 52.3 Å². The molecule has 1 unspecified atom stereocenters. The van der Waals surface area contributed by atoms with Crippen LogP contribution in [0.25, 0.3) is 16.9 Å². The number of halogens is 3. The van der Waals surface area contributed by atoms with Gasteiger partial charge < -0.3 is 14.2 Å². The van der Waals surface area contributed by atoms with Crippen molar-refractivity contribution in [3.63, 3.8) is 0 Å². The second-order valence-corrected chi connectivity index (χ2v) is 12.0. The van der Waals surface area contributed by atoms with Gasteiger partial charge in [-0.05, 0) is 56.7 Å². The normalized spacial score (nSPS) is 23.3. The number of piperazine rings is 1. The molecule has 0 saturated carbocycles. The van der Waals surface area contributed by atoms with Gasteiger partial charge in [0, 0.05) is 37.8 Å². The third kappa shape index (κ3) is 5.39. The number of ether oxygens (including phenoxy) is 1. The Hall–Kier alpha value is -3.25. The van der Waals surface area contributed by atoms with E-state index < -0.39 is 11.7 Å². The van der Waals surface area contributed by atoms with Crippen molar-refractivity contribution in [2.75, 3.05) is 24.6 Å². The van der Waals surface area contributed by atoms with E-state index in [0.717, 1.165) is 55.0 Å². The lowest BCUT2D eigenvalue weighted by molar-refractivity contribution is -0.137. The van der Waals surface area contributed by atoms with Crippen LogP contribution >= 0.6 is 0 Å². The summed E-state index contributed by atoms with van der Waals surface area (Å²) in [5.41, 5.74) is 1.99. The number of fused-ring (bicyclic) bond motifs is 3. The molecule has 1 aromatic carbocycles. The molecule has 2 aliphatic rings. The summed E-state index contributed by atoms with van der Waals surface area (Å²) in [6.07, 6.45) is 2.27. The van der Waals surface area contributed by atoms with Crippen molar-refractivity contribution >= 4 is 22.8 Å². The van der Waals surface area contributed by atoms with E-state index in [9.17, 15) is 13.2 Å². The first-order chi connectivity index (χ1) is 19.6. The van der Waals surface area contributed by atoms with Gasteiger partial charge in [-0.3, -0.25) is 4.90 Å². The maximum Gasteiger partial charge on any atom is 0.416 e. The van der Waals surface area contributed by atoms with Gasteiger partial charge in [0.05, 0.1) is 24.5 Å². The number of rotatable bonds is 7. The van der Waals surface area contributed by atoms with Crippen LogP contribution in [0.1, 0.15) is 64.1 Å². The lowest BCUT2D eigenvalue weighted by Gasteiger charge is -2.48. The Balaban J connectivity index is 1.31. The smallest absolute Gasteiger partial charge is 0.376 e. The molecule has 12 heteroatoms. The van der Waals surface area contributed by atoms with E-state index in [1.165, 1.54) is 12.1 Å². The molecule has 6 rings (SSSR count). The summed E-state index contributed by atoms with van der Waals surface area (Å²) >= 11 is 0. The molecule has 0 spiro atoms. The highest BCUT2D eigenvalue weighted by Gasteiger charge is 2.37. The maximum absolute atomic E-state index is 13.2. The van der Waals surface area contributed by atoms with Gasteiger partial charge in [-0.1, -0.05) is 26.0 Å². The van der Waals surface area contributed by atoms with Crippen molar-refractivity contribution in [3.05, 3.63) is 48.0 Å². The molecule has 41 heavy (non-hydrogen) atoms. The minimum atomic E-state index is -4.35. The standard InChI is InChI=1S/C29H37F3N8O/c1-18(2)12-24(21-7-9-22(10-8-21)29(30,31)32)38-13-20(4)39(14-19(38)3)26-25-27(40-17-34-36-28(40)35-26)37(16-33-25)15-23-6-5-11-41-23/h7-10,16-20,23-24H,5-6,11-15H2,1-4H3/t19-,20+,23+,24?/m1/s1. The number of aromatic nitrogens is 6. The first-order valence-electron chi connectivity index (χ1n) is 14.5. The van der Waals surface area contributed by atoms with Crippen LogP contribution in [-0.4, -0.2) is 71.9 Å². The highest BCUT2D eigenvalue weighted by molar-refractivity contribution is 5.86. The number of nitrogens with zero attached hydrogens (tertiary/aromatic N) is 8. The highest BCUT2D eigenvalue weighted by atomic mass is 19.4. The summed E-state index contributed by atoms with van der Waals surface area (Å²) in [6.45, 7) is 11.6. The fourth-order valence-electron chi connectivity index (χ4n) is 6.42. The number of hydrogen-bond acceptors (Lipinski definition) is 7. The summed E-state index contributed by atoms with van der Waals surface area (Å²) in [7, 11) is 0. The average molecular weight is 571 g/mol. The van der Waals surface area contributed by atoms with Gasteiger partial charge in [-0.2, -0.15) is 18.2 Å². The molecule has 220 valence electrons. The average Bonchev–Trinajstić information content (AvgIpc) is 3.69. The lowest BCUT2D eigenvalue weighted by atomic mass is 9.92. The summed E-state index contributed by atoms with van der Waals surface area (Å²) in [5.74, 6) is 1.68. The number of hydrogen-bond donors (Lipinski definition) is 0. The van der Waals surface area contributed by atoms with Crippen LogP contribution in [0.5, 0.6) is 0 Å². The molecule has 0 aliphatic carbocycles. The molecule has 4 aromatic rings. The molecular formula is C29H37F3N8O. The zero-order valence-corrected chi connectivity index (χ0v) is 23.9. The fraction of sp³-hybridized carbons (Fsp3) is 0.586. The largest absolute Gasteiger partial charge is 0.416 e. The molecule has 2 saturated heterocycles. The van der Waals surface area contributed by atoms with E-state index in [1.54, 1.807) is 18.5 Å². The van der Waals surface area contributed by atoms with Crippen molar-refractivity contribution in [1.29, 1.82) is 0 Å². The number of imidazole rings is 1. The van der Waals surface area contributed by atoms with Gasteiger partial charge in [0.1, 0.15) is 11.8 Å². The van der Waals surface area contributed by atoms with Gasteiger partial charge in [-0.25, -0.2) is 9.38 Å². The van der Waals surface area contributed by atoms with E-state index in [0.29, 0.717) is 24.8 Å². The molecular weight excluding hydrogens is 533 g/mol. The minimum Gasteiger partial charge on any atom is -0.376 e. The van der Waals surface area contributed by atoms with E-state index >= 15 is 0 Å². The molecule has 2 fully saturated rings. The van der Waals surface area contributed by atoms with Crippen molar-refractivity contribution in [3.8, 4) is 0 Å². The number of anilines is 1. The second kappa shape index (κ2) is 10.9. The number of benzene rings is 1. The predicted molar refractivity (Wildman–Crippen MR) is 150 cm³/mol. The molecule has 0 amide bonds. The van der Waals surface area contributed by atoms with Crippen LogP contribution < -0.4 is 4.90 Å². The lowest BCUT2D eigenvalue weighted by Crippen LogP contribution is -2.57. The molecule has 5 heterocycles. The first kappa shape index (κ1) is 27.9. The molecule has 2 aliphatic heterocycles. The third-order valence-electron chi connectivity index (χ3n) is 8.43. The SMILES string of the molecule is CC(C)CC(c1ccc(C(F)(F)F)cc1)N1C[C@H](C)N(c2nc3nncn3c3c2ncn3C[C@@H]2CCCO2)C[C@H]1C. The number of alkyl halides is 3. The zero-order chi connectivity index (χ0) is 28.9. The summed E-state index contributed by atoms with van der Waals surface area (Å²) in [4.78, 5) is 14.5. The van der Waals surface area contributed by atoms with Crippen molar-refractivity contribution in [1.82, 2.24) is 34.0 Å². The second-order valence-electron chi connectivity index (χ2n) is 12.0. The van der Waals surface area contributed by atoms with Crippen LogP contribution in [0.2, 0.25) is 0 Å². The Morgan fingerprint density at radius 2 is 1.83 bits per heavy atom. The predicted octanol–water partition coefficient (Wildman–Crippen LogP) is 5.36. The molecule has 0 N–H and O–H groups in total. The van der Waals surface area contributed by atoms with Crippen molar-refractivity contribution in [2.24, 2.45) is 5.92 Å². The van der Waals surface area contributed by atoms with Gasteiger partial charge in [0.15, 0.2) is 11.5 Å². The van der Waals surface area contributed by atoms with Gasteiger partial charge >= 0.3 is 6.18 Å². The van der Waals surface area contributed by atoms with Crippen LogP contribution in [0.15, 0.2) is 36.9 Å².